The molecule has 3 heteroatoms. The Morgan fingerprint density at radius 2 is 2.11 bits per heavy atom. The van der Waals surface area contributed by atoms with Crippen molar-refractivity contribution in [1.29, 1.82) is 0 Å². The number of carbonyl (C=O) groups excluding carboxylic acids is 1. The SMILES string of the molecule is CC(C)(C)OC(=O)CC1CCCNc2ccccc21. The third-order valence-electron chi connectivity index (χ3n) is 3.28. The van der Waals surface area contributed by atoms with Gasteiger partial charge in [0.15, 0.2) is 0 Å². The summed E-state index contributed by atoms with van der Waals surface area (Å²) in [7, 11) is 0. The van der Waals surface area contributed by atoms with E-state index in [0.29, 0.717) is 6.42 Å². The fourth-order valence-corrected chi connectivity index (χ4v) is 2.54. The van der Waals surface area contributed by atoms with Crippen molar-refractivity contribution in [2.75, 3.05) is 11.9 Å². The summed E-state index contributed by atoms with van der Waals surface area (Å²) in [6.45, 7) is 6.70. The van der Waals surface area contributed by atoms with Crippen LogP contribution in [0.3, 0.4) is 0 Å². The first-order chi connectivity index (χ1) is 8.96. The number of carbonyl (C=O) groups is 1. The highest BCUT2D eigenvalue weighted by molar-refractivity contribution is 5.72. The molecule has 1 aromatic rings. The summed E-state index contributed by atoms with van der Waals surface area (Å²) in [4.78, 5) is 12.0. The Morgan fingerprint density at radius 1 is 1.37 bits per heavy atom. The van der Waals surface area contributed by atoms with Gasteiger partial charge in [0.05, 0.1) is 6.42 Å². The number of hydrogen-bond acceptors (Lipinski definition) is 3. The summed E-state index contributed by atoms with van der Waals surface area (Å²) in [5.41, 5.74) is 2.00. The topological polar surface area (TPSA) is 38.3 Å². The molecule has 0 radical (unpaired) electrons. The Kier molecular flexibility index (Phi) is 4.13. The normalized spacial score (nSPS) is 19.0. The average molecular weight is 261 g/mol. The Bertz CT molecular complexity index is 448. The van der Waals surface area contributed by atoms with Crippen LogP contribution in [0.5, 0.6) is 0 Å². The minimum absolute atomic E-state index is 0.103. The number of nitrogens with one attached hydrogen (secondary N) is 1. The second kappa shape index (κ2) is 5.64. The van der Waals surface area contributed by atoms with Gasteiger partial charge < -0.3 is 10.1 Å². The van der Waals surface area contributed by atoms with Crippen LogP contribution in [0.2, 0.25) is 0 Å². The molecule has 0 aliphatic carbocycles. The Labute approximate surface area is 115 Å². The van der Waals surface area contributed by atoms with Crippen LogP contribution in [-0.4, -0.2) is 18.1 Å². The Hall–Kier alpha value is -1.51. The maximum atomic E-state index is 12.0. The van der Waals surface area contributed by atoms with Crippen LogP contribution in [0.25, 0.3) is 0 Å². The van der Waals surface area contributed by atoms with Gasteiger partial charge in [0, 0.05) is 12.2 Å². The number of anilines is 1. The van der Waals surface area contributed by atoms with E-state index >= 15 is 0 Å². The average Bonchev–Trinajstić information content (AvgIpc) is 2.50. The van der Waals surface area contributed by atoms with E-state index in [9.17, 15) is 4.79 Å². The number of hydrogen-bond donors (Lipinski definition) is 1. The maximum Gasteiger partial charge on any atom is 0.306 e. The summed E-state index contributed by atoms with van der Waals surface area (Å²) in [5.74, 6) is 0.162. The van der Waals surface area contributed by atoms with E-state index in [4.69, 9.17) is 4.74 Å². The van der Waals surface area contributed by atoms with E-state index in [1.165, 1.54) is 5.56 Å². The molecule has 0 saturated carbocycles. The third kappa shape index (κ3) is 3.98. The minimum atomic E-state index is -0.403. The second-order valence-electron chi connectivity index (χ2n) is 6.14. The predicted molar refractivity (Wildman–Crippen MR) is 77.4 cm³/mol. The first-order valence-corrected chi connectivity index (χ1v) is 7.00. The molecule has 1 aliphatic rings. The van der Waals surface area contributed by atoms with Crippen molar-refractivity contribution in [3.05, 3.63) is 29.8 Å². The van der Waals surface area contributed by atoms with Gasteiger partial charge in [-0.1, -0.05) is 18.2 Å². The van der Waals surface area contributed by atoms with Gasteiger partial charge in [-0.25, -0.2) is 0 Å². The van der Waals surface area contributed by atoms with Crippen molar-refractivity contribution in [2.24, 2.45) is 0 Å². The van der Waals surface area contributed by atoms with E-state index in [1.807, 2.05) is 32.9 Å². The van der Waals surface area contributed by atoms with Gasteiger partial charge in [-0.2, -0.15) is 0 Å². The maximum absolute atomic E-state index is 12.0. The molecule has 1 atom stereocenters. The zero-order valence-electron chi connectivity index (χ0n) is 12.0. The van der Waals surface area contributed by atoms with E-state index in [0.717, 1.165) is 25.1 Å². The summed E-state index contributed by atoms with van der Waals surface area (Å²) < 4.78 is 5.44. The van der Waals surface area contributed by atoms with E-state index < -0.39 is 5.60 Å². The molecule has 0 bridgehead atoms. The number of para-hydroxylation sites is 1. The highest BCUT2D eigenvalue weighted by Gasteiger charge is 2.24. The highest BCUT2D eigenvalue weighted by Crippen LogP contribution is 2.33. The molecule has 1 aliphatic heterocycles. The number of benzene rings is 1. The predicted octanol–water partition coefficient (Wildman–Crippen LogP) is 3.71. The van der Waals surface area contributed by atoms with Crippen molar-refractivity contribution < 1.29 is 9.53 Å². The molecule has 0 spiro atoms. The summed E-state index contributed by atoms with van der Waals surface area (Å²) in [5, 5.41) is 3.42. The standard InChI is InChI=1S/C16H23NO2/c1-16(2,3)19-15(18)11-12-7-6-10-17-14-9-5-4-8-13(12)14/h4-5,8-9,12,17H,6-7,10-11H2,1-3H3. The number of ether oxygens (including phenoxy) is 1. The molecule has 0 fully saturated rings. The van der Waals surface area contributed by atoms with E-state index in [2.05, 4.69) is 17.4 Å². The van der Waals surface area contributed by atoms with Crippen molar-refractivity contribution in [1.82, 2.24) is 0 Å². The smallest absolute Gasteiger partial charge is 0.306 e. The lowest BCUT2D eigenvalue weighted by Gasteiger charge is -2.22. The summed E-state index contributed by atoms with van der Waals surface area (Å²) >= 11 is 0. The molecule has 0 aromatic heterocycles. The lowest BCUT2D eigenvalue weighted by atomic mass is 9.91. The van der Waals surface area contributed by atoms with Gasteiger partial charge in [0.1, 0.15) is 5.60 Å². The fourth-order valence-electron chi connectivity index (χ4n) is 2.54. The van der Waals surface area contributed by atoms with Gasteiger partial charge in [0.25, 0.3) is 0 Å². The van der Waals surface area contributed by atoms with Crippen LogP contribution < -0.4 is 5.32 Å². The zero-order chi connectivity index (χ0) is 13.9. The molecule has 1 N–H and O–H groups in total. The molecular weight excluding hydrogens is 238 g/mol. The molecule has 104 valence electrons. The van der Waals surface area contributed by atoms with Gasteiger partial charge in [0.2, 0.25) is 0 Å². The van der Waals surface area contributed by atoms with Crippen molar-refractivity contribution in [3.63, 3.8) is 0 Å². The Balaban J connectivity index is 2.10. The molecule has 0 saturated heterocycles. The number of rotatable bonds is 2. The lowest BCUT2D eigenvalue weighted by molar-refractivity contribution is -0.155. The second-order valence-corrected chi connectivity index (χ2v) is 6.14. The lowest BCUT2D eigenvalue weighted by Crippen LogP contribution is -2.25. The van der Waals surface area contributed by atoms with E-state index in [-0.39, 0.29) is 11.9 Å². The molecule has 1 aromatic carbocycles. The first-order valence-electron chi connectivity index (χ1n) is 7.00. The van der Waals surface area contributed by atoms with Crippen LogP contribution in [0.4, 0.5) is 5.69 Å². The van der Waals surface area contributed by atoms with E-state index in [1.54, 1.807) is 0 Å². The van der Waals surface area contributed by atoms with Crippen LogP contribution >= 0.6 is 0 Å². The Morgan fingerprint density at radius 3 is 2.84 bits per heavy atom. The van der Waals surface area contributed by atoms with Crippen molar-refractivity contribution >= 4 is 11.7 Å². The van der Waals surface area contributed by atoms with Crippen LogP contribution in [0.1, 0.15) is 51.5 Å². The molecule has 2 rings (SSSR count). The number of esters is 1. The molecule has 1 heterocycles. The molecule has 1 unspecified atom stereocenters. The largest absolute Gasteiger partial charge is 0.460 e. The number of fused-ring (bicyclic) bond motifs is 1. The van der Waals surface area contributed by atoms with Crippen LogP contribution in [0.15, 0.2) is 24.3 Å². The van der Waals surface area contributed by atoms with Crippen LogP contribution in [0, 0.1) is 0 Å². The van der Waals surface area contributed by atoms with Gasteiger partial charge >= 0.3 is 5.97 Å². The third-order valence-corrected chi connectivity index (χ3v) is 3.28. The quantitative estimate of drug-likeness (QED) is 0.825. The zero-order valence-corrected chi connectivity index (χ0v) is 12.0. The fraction of sp³-hybridized carbons (Fsp3) is 0.562. The molecule has 0 amide bonds. The van der Waals surface area contributed by atoms with Crippen LogP contribution in [-0.2, 0) is 9.53 Å². The summed E-state index contributed by atoms with van der Waals surface area (Å²) in [6.07, 6.45) is 2.58. The monoisotopic (exact) mass is 261 g/mol. The van der Waals surface area contributed by atoms with Gasteiger partial charge in [-0.05, 0) is 51.2 Å². The van der Waals surface area contributed by atoms with Crippen molar-refractivity contribution in [2.45, 2.75) is 51.6 Å². The first kappa shape index (κ1) is 13.9. The molecule has 19 heavy (non-hydrogen) atoms. The molecule has 3 nitrogen and oxygen atoms in total. The highest BCUT2D eigenvalue weighted by atomic mass is 16.6. The van der Waals surface area contributed by atoms with Crippen molar-refractivity contribution in [3.8, 4) is 0 Å². The van der Waals surface area contributed by atoms with Gasteiger partial charge in [-0.15, -0.1) is 0 Å². The minimum Gasteiger partial charge on any atom is -0.460 e. The molecular formula is C16H23NO2. The summed E-state index contributed by atoms with van der Waals surface area (Å²) in [6, 6.07) is 8.26. The van der Waals surface area contributed by atoms with Gasteiger partial charge in [-0.3, -0.25) is 4.79 Å².